The first-order valence-corrected chi connectivity index (χ1v) is 7.14. The zero-order chi connectivity index (χ0) is 12.6. The first-order valence-electron chi connectivity index (χ1n) is 7.14. The summed E-state index contributed by atoms with van der Waals surface area (Å²) in [5.74, 6) is 0. The normalized spacial score (nSPS) is 41.5. The second-order valence-corrected chi connectivity index (χ2v) is 6.57. The minimum absolute atomic E-state index is 0.471. The van der Waals surface area contributed by atoms with Crippen LogP contribution >= 0.6 is 0 Å². The van der Waals surface area contributed by atoms with Crippen molar-refractivity contribution in [1.82, 2.24) is 9.97 Å². The highest BCUT2D eigenvalue weighted by atomic mass is 14.9. The summed E-state index contributed by atoms with van der Waals surface area (Å²) in [7, 11) is 0. The molecular formula is C17H16N2. The van der Waals surface area contributed by atoms with Gasteiger partial charge in [-0.2, -0.15) is 0 Å². The van der Waals surface area contributed by atoms with E-state index in [4.69, 9.17) is 0 Å². The molecule has 2 atom stereocenters. The van der Waals surface area contributed by atoms with Gasteiger partial charge >= 0.3 is 0 Å². The van der Waals surface area contributed by atoms with E-state index in [2.05, 4.69) is 34.2 Å². The maximum atomic E-state index is 4.17. The summed E-state index contributed by atoms with van der Waals surface area (Å²) < 4.78 is 0. The molecule has 0 bridgehead atoms. The standard InChI is InChI=1S/C17H16N2/c1-7-18-8-2-13(1)15-5-6-16(12-17(15,16)11-15)14-3-9-19-10-4-14/h1-4,7-10H,5-6,11-12H2. The molecule has 2 heterocycles. The predicted octanol–water partition coefficient (Wildman–Crippen LogP) is 3.24. The van der Waals surface area contributed by atoms with Gasteiger partial charge < -0.3 is 0 Å². The Morgan fingerprint density at radius 1 is 0.684 bits per heavy atom. The molecular weight excluding hydrogens is 232 g/mol. The molecule has 0 N–H and O–H groups in total. The molecule has 19 heavy (non-hydrogen) atoms. The monoisotopic (exact) mass is 248 g/mol. The van der Waals surface area contributed by atoms with E-state index in [9.17, 15) is 0 Å². The van der Waals surface area contributed by atoms with Crippen molar-refractivity contribution in [3.63, 3.8) is 0 Å². The first-order chi connectivity index (χ1) is 9.33. The topological polar surface area (TPSA) is 25.8 Å². The van der Waals surface area contributed by atoms with Crippen molar-refractivity contribution in [1.29, 1.82) is 0 Å². The average Bonchev–Trinajstić information content (AvgIpc) is 3.35. The molecule has 0 aliphatic heterocycles. The lowest BCUT2D eigenvalue weighted by molar-refractivity contribution is 0.571. The molecule has 2 unspecified atom stereocenters. The summed E-state index contributed by atoms with van der Waals surface area (Å²) in [6.07, 6.45) is 13.3. The summed E-state index contributed by atoms with van der Waals surface area (Å²) >= 11 is 0. The molecule has 3 aliphatic rings. The third kappa shape index (κ3) is 0.948. The molecule has 0 radical (unpaired) electrons. The largest absolute Gasteiger partial charge is 0.265 e. The lowest BCUT2D eigenvalue weighted by Gasteiger charge is -2.14. The molecule has 2 aromatic rings. The smallest absolute Gasteiger partial charge is 0.0270 e. The lowest BCUT2D eigenvalue weighted by atomic mass is 9.90. The van der Waals surface area contributed by atoms with Crippen molar-refractivity contribution in [2.45, 2.75) is 36.5 Å². The van der Waals surface area contributed by atoms with Crippen LogP contribution in [0, 0.1) is 5.41 Å². The van der Waals surface area contributed by atoms with Crippen molar-refractivity contribution < 1.29 is 0 Å². The zero-order valence-electron chi connectivity index (χ0n) is 10.8. The maximum absolute atomic E-state index is 4.17. The van der Waals surface area contributed by atoms with Crippen molar-refractivity contribution in [3.05, 3.63) is 60.2 Å². The fourth-order valence-corrected chi connectivity index (χ4v) is 5.27. The molecule has 2 aromatic heterocycles. The molecule has 1 spiro atoms. The van der Waals surface area contributed by atoms with Crippen LogP contribution in [-0.2, 0) is 10.8 Å². The molecule has 3 saturated carbocycles. The minimum atomic E-state index is 0.471. The van der Waals surface area contributed by atoms with Gasteiger partial charge in [-0.25, -0.2) is 0 Å². The fraction of sp³-hybridized carbons (Fsp3) is 0.412. The van der Waals surface area contributed by atoms with E-state index in [1.54, 1.807) is 0 Å². The number of rotatable bonds is 2. The SMILES string of the molecule is c1cc(C23CCC4(c5ccncc5)CC24C3)ccn1. The van der Waals surface area contributed by atoms with E-state index >= 15 is 0 Å². The second kappa shape index (κ2) is 2.90. The number of aromatic nitrogens is 2. The Kier molecular flexibility index (Phi) is 1.54. The first kappa shape index (κ1) is 10.1. The van der Waals surface area contributed by atoms with Crippen LogP contribution in [0.15, 0.2) is 49.1 Å². The van der Waals surface area contributed by atoms with Crippen LogP contribution in [0.4, 0.5) is 0 Å². The lowest BCUT2D eigenvalue weighted by Crippen LogP contribution is -2.07. The third-order valence-corrected chi connectivity index (χ3v) is 6.23. The zero-order valence-corrected chi connectivity index (χ0v) is 10.8. The Hall–Kier alpha value is -1.70. The van der Waals surface area contributed by atoms with Gasteiger partial charge in [0.05, 0.1) is 0 Å². The molecule has 5 rings (SSSR count). The number of pyridine rings is 2. The minimum Gasteiger partial charge on any atom is -0.265 e. The van der Waals surface area contributed by atoms with Crippen molar-refractivity contribution in [2.24, 2.45) is 5.41 Å². The van der Waals surface area contributed by atoms with Crippen molar-refractivity contribution in [3.8, 4) is 0 Å². The summed E-state index contributed by atoms with van der Waals surface area (Å²) in [5.41, 5.74) is 4.56. The molecule has 2 heteroatoms. The van der Waals surface area contributed by atoms with E-state index in [1.165, 1.54) is 36.8 Å². The Morgan fingerprint density at radius 3 is 1.47 bits per heavy atom. The van der Waals surface area contributed by atoms with E-state index in [-0.39, 0.29) is 0 Å². The van der Waals surface area contributed by atoms with Gasteiger partial charge in [-0.15, -0.1) is 0 Å². The summed E-state index contributed by atoms with van der Waals surface area (Å²) in [6, 6.07) is 8.93. The predicted molar refractivity (Wildman–Crippen MR) is 72.7 cm³/mol. The molecule has 0 amide bonds. The Bertz CT molecular complexity index is 584. The number of nitrogens with zero attached hydrogens (tertiary/aromatic N) is 2. The Balaban J connectivity index is 1.59. The number of hydrogen-bond acceptors (Lipinski definition) is 2. The van der Waals surface area contributed by atoms with Crippen LogP contribution in [0.1, 0.15) is 36.8 Å². The Morgan fingerprint density at radius 2 is 1.11 bits per heavy atom. The van der Waals surface area contributed by atoms with Crippen LogP contribution in [0.2, 0.25) is 0 Å². The van der Waals surface area contributed by atoms with Gasteiger partial charge in [-0.1, -0.05) is 0 Å². The van der Waals surface area contributed by atoms with Crippen LogP contribution in [-0.4, -0.2) is 9.97 Å². The molecule has 94 valence electrons. The van der Waals surface area contributed by atoms with E-state index < -0.39 is 0 Å². The fourth-order valence-electron chi connectivity index (χ4n) is 5.27. The molecule has 0 aromatic carbocycles. The van der Waals surface area contributed by atoms with Gasteiger partial charge in [0.25, 0.3) is 0 Å². The van der Waals surface area contributed by atoms with Gasteiger partial charge in [-0.05, 0) is 66.5 Å². The highest BCUT2D eigenvalue weighted by Crippen LogP contribution is 2.94. The van der Waals surface area contributed by atoms with Crippen LogP contribution in [0.5, 0.6) is 0 Å². The quantitative estimate of drug-likeness (QED) is 0.815. The van der Waals surface area contributed by atoms with Gasteiger partial charge in [0, 0.05) is 35.6 Å². The van der Waals surface area contributed by atoms with Gasteiger partial charge in [-0.3, -0.25) is 9.97 Å². The molecule has 3 aliphatic carbocycles. The van der Waals surface area contributed by atoms with E-state index in [0.717, 1.165) is 0 Å². The third-order valence-electron chi connectivity index (χ3n) is 6.23. The van der Waals surface area contributed by atoms with Crippen LogP contribution < -0.4 is 0 Å². The van der Waals surface area contributed by atoms with E-state index in [1.807, 2.05) is 24.8 Å². The highest BCUT2D eigenvalue weighted by Gasteiger charge is 2.90. The summed E-state index contributed by atoms with van der Waals surface area (Å²) in [4.78, 5) is 8.34. The maximum Gasteiger partial charge on any atom is 0.0270 e. The van der Waals surface area contributed by atoms with Gasteiger partial charge in [0.15, 0.2) is 0 Å². The number of hydrogen-bond donors (Lipinski definition) is 0. The summed E-state index contributed by atoms with van der Waals surface area (Å²) in [5, 5.41) is 0. The molecule has 3 fully saturated rings. The van der Waals surface area contributed by atoms with Gasteiger partial charge in [0.2, 0.25) is 0 Å². The summed E-state index contributed by atoms with van der Waals surface area (Å²) in [6.45, 7) is 0. The van der Waals surface area contributed by atoms with Crippen molar-refractivity contribution in [2.75, 3.05) is 0 Å². The molecule has 0 saturated heterocycles. The highest BCUT2D eigenvalue weighted by molar-refractivity contribution is 5.57. The van der Waals surface area contributed by atoms with Crippen molar-refractivity contribution >= 4 is 0 Å². The molecule has 2 nitrogen and oxygen atoms in total. The van der Waals surface area contributed by atoms with Crippen LogP contribution in [0.3, 0.4) is 0 Å². The van der Waals surface area contributed by atoms with Crippen LogP contribution in [0.25, 0.3) is 0 Å². The van der Waals surface area contributed by atoms with Gasteiger partial charge in [0.1, 0.15) is 0 Å². The Labute approximate surface area is 112 Å². The average molecular weight is 248 g/mol. The second-order valence-electron chi connectivity index (χ2n) is 6.57. The van der Waals surface area contributed by atoms with E-state index in [0.29, 0.717) is 16.2 Å².